The van der Waals surface area contributed by atoms with Gasteiger partial charge in [-0.1, -0.05) is 51.1 Å². The van der Waals surface area contributed by atoms with Crippen LogP contribution in [-0.4, -0.2) is 57.8 Å². The number of methoxy groups -OCH3 is 1. The van der Waals surface area contributed by atoms with Gasteiger partial charge in [0.2, 0.25) is 0 Å². The highest BCUT2D eigenvalue weighted by Gasteiger charge is 2.53. The fourth-order valence-corrected chi connectivity index (χ4v) is 4.50. The van der Waals surface area contributed by atoms with E-state index in [0.717, 1.165) is 5.56 Å². The monoisotopic (exact) mass is 396 g/mol. The zero-order chi connectivity index (χ0) is 19.8. The van der Waals surface area contributed by atoms with Crippen LogP contribution in [0.15, 0.2) is 30.3 Å². The summed E-state index contributed by atoms with van der Waals surface area (Å²) in [6.45, 7) is 11.2. The van der Waals surface area contributed by atoms with Gasteiger partial charge in [0.1, 0.15) is 24.4 Å². The van der Waals surface area contributed by atoms with Crippen molar-refractivity contribution in [2.45, 2.75) is 75.9 Å². The van der Waals surface area contributed by atoms with Crippen molar-refractivity contribution in [1.29, 1.82) is 0 Å². The molecule has 1 aromatic carbocycles. The summed E-state index contributed by atoms with van der Waals surface area (Å²) in [4.78, 5) is 0. The Labute approximate surface area is 162 Å². The average molecular weight is 397 g/mol. The van der Waals surface area contributed by atoms with Crippen molar-refractivity contribution in [1.82, 2.24) is 0 Å². The van der Waals surface area contributed by atoms with Gasteiger partial charge in [0.25, 0.3) is 0 Å². The van der Waals surface area contributed by atoms with Crippen LogP contribution >= 0.6 is 0 Å². The number of aliphatic hydroxyl groups is 1. The summed E-state index contributed by atoms with van der Waals surface area (Å²) in [7, 11) is -0.623. The van der Waals surface area contributed by atoms with Crippen molar-refractivity contribution in [3.05, 3.63) is 35.9 Å². The lowest BCUT2D eigenvalue weighted by atomic mass is 9.98. The Balaban J connectivity index is 1.85. The van der Waals surface area contributed by atoms with Crippen LogP contribution in [0, 0.1) is 0 Å². The maximum Gasteiger partial charge on any atom is 0.192 e. The predicted molar refractivity (Wildman–Crippen MR) is 104 cm³/mol. The largest absolute Gasteiger partial charge is 0.408 e. The second-order valence-corrected chi connectivity index (χ2v) is 13.5. The summed E-state index contributed by atoms with van der Waals surface area (Å²) in [6, 6.07) is 9.78. The smallest absolute Gasteiger partial charge is 0.192 e. The minimum Gasteiger partial charge on any atom is -0.408 e. The first-order valence-electron chi connectivity index (χ1n) is 9.50. The molecule has 2 fully saturated rings. The van der Waals surface area contributed by atoms with Gasteiger partial charge in [-0.2, -0.15) is 0 Å². The van der Waals surface area contributed by atoms with Gasteiger partial charge in [0.05, 0.1) is 6.61 Å². The van der Waals surface area contributed by atoms with Crippen molar-refractivity contribution >= 4 is 8.32 Å². The number of rotatable bonds is 4. The summed E-state index contributed by atoms with van der Waals surface area (Å²) in [5.41, 5.74) is 0.936. The third-order valence-corrected chi connectivity index (χ3v) is 10.3. The van der Waals surface area contributed by atoms with E-state index in [0.29, 0.717) is 6.61 Å². The van der Waals surface area contributed by atoms with Crippen LogP contribution in [0.25, 0.3) is 0 Å². The molecule has 0 unspecified atom stereocenters. The van der Waals surface area contributed by atoms with Gasteiger partial charge in [0, 0.05) is 12.7 Å². The molecular formula is C20H32O6Si. The molecule has 6 atom stereocenters. The second-order valence-electron chi connectivity index (χ2n) is 8.79. The van der Waals surface area contributed by atoms with Crippen molar-refractivity contribution in [3.63, 3.8) is 0 Å². The fraction of sp³-hybridized carbons (Fsp3) is 0.700. The minimum atomic E-state index is -2.15. The van der Waals surface area contributed by atoms with E-state index in [1.54, 1.807) is 0 Å². The van der Waals surface area contributed by atoms with Gasteiger partial charge < -0.3 is 28.5 Å². The van der Waals surface area contributed by atoms with Crippen LogP contribution in [-0.2, 0) is 23.4 Å². The standard InChI is InChI=1S/C20H32O6Si/c1-20(2,3)27(5,6)26-17-15(21)19(22-4)24-14-12-23-18(25-16(14)17)13-10-8-7-9-11-13/h7-11,14-19,21H,12H2,1-6H3/t14-,15-,16-,17-,18-,19+/m1/s1. The van der Waals surface area contributed by atoms with E-state index in [9.17, 15) is 5.11 Å². The lowest BCUT2D eigenvalue weighted by molar-refractivity contribution is -0.356. The molecule has 0 radical (unpaired) electrons. The van der Waals surface area contributed by atoms with E-state index in [-0.39, 0.29) is 11.1 Å². The van der Waals surface area contributed by atoms with Crippen LogP contribution < -0.4 is 0 Å². The van der Waals surface area contributed by atoms with Crippen LogP contribution in [0.3, 0.4) is 0 Å². The van der Waals surface area contributed by atoms with E-state index in [1.165, 1.54) is 7.11 Å². The normalized spacial score (nSPS) is 34.9. The molecule has 0 aromatic heterocycles. The van der Waals surface area contributed by atoms with Crippen LogP contribution in [0.5, 0.6) is 0 Å². The van der Waals surface area contributed by atoms with E-state index in [2.05, 4.69) is 33.9 Å². The molecule has 2 heterocycles. The molecule has 0 saturated carbocycles. The molecule has 3 rings (SSSR count). The molecule has 0 spiro atoms. The summed E-state index contributed by atoms with van der Waals surface area (Å²) >= 11 is 0. The molecule has 7 heteroatoms. The molecule has 0 aliphatic carbocycles. The Morgan fingerprint density at radius 2 is 1.78 bits per heavy atom. The molecule has 2 aliphatic heterocycles. The van der Waals surface area contributed by atoms with E-state index >= 15 is 0 Å². The Bertz CT molecular complexity index is 617. The van der Waals surface area contributed by atoms with Gasteiger partial charge in [-0.25, -0.2) is 0 Å². The molecular weight excluding hydrogens is 364 g/mol. The molecule has 2 saturated heterocycles. The zero-order valence-electron chi connectivity index (χ0n) is 17.0. The molecule has 1 aromatic rings. The van der Waals surface area contributed by atoms with Crippen LogP contribution in [0.4, 0.5) is 0 Å². The number of aliphatic hydroxyl groups excluding tert-OH is 1. The van der Waals surface area contributed by atoms with Crippen molar-refractivity contribution in [2.24, 2.45) is 0 Å². The van der Waals surface area contributed by atoms with Gasteiger partial charge in [0.15, 0.2) is 20.9 Å². The first kappa shape index (κ1) is 20.9. The predicted octanol–water partition coefficient (Wildman–Crippen LogP) is 3.22. The van der Waals surface area contributed by atoms with E-state index < -0.39 is 39.2 Å². The van der Waals surface area contributed by atoms with E-state index in [1.807, 2.05) is 30.3 Å². The lowest BCUT2D eigenvalue weighted by Crippen LogP contribution is -2.65. The van der Waals surface area contributed by atoms with Crippen molar-refractivity contribution < 1.29 is 28.5 Å². The average Bonchev–Trinajstić information content (AvgIpc) is 2.63. The second kappa shape index (κ2) is 7.91. The van der Waals surface area contributed by atoms with Crippen molar-refractivity contribution in [3.8, 4) is 0 Å². The molecule has 152 valence electrons. The molecule has 0 amide bonds. The number of fused-ring (bicyclic) bond motifs is 1. The number of hydrogen-bond acceptors (Lipinski definition) is 6. The van der Waals surface area contributed by atoms with Crippen molar-refractivity contribution in [2.75, 3.05) is 13.7 Å². The highest BCUT2D eigenvalue weighted by atomic mass is 28.4. The third kappa shape index (κ3) is 4.29. The van der Waals surface area contributed by atoms with Gasteiger partial charge in [-0.15, -0.1) is 0 Å². The fourth-order valence-electron chi connectivity index (χ4n) is 3.19. The number of hydrogen-bond donors (Lipinski definition) is 1. The minimum absolute atomic E-state index is 0.00703. The molecule has 6 nitrogen and oxygen atoms in total. The summed E-state index contributed by atoms with van der Waals surface area (Å²) < 4.78 is 29.9. The van der Waals surface area contributed by atoms with Gasteiger partial charge in [-0.05, 0) is 18.1 Å². The Hall–Kier alpha value is -0.803. The van der Waals surface area contributed by atoms with Gasteiger partial charge >= 0.3 is 0 Å². The summed E-state index contributed by atoms with van der Waals surface area (Å²) in [5, 5.41) is 10.9. The molecule has 1 N–H and O–H groups in total. The molecule has 2 aliphatic rings. The zero-order valence-corrected chi connectivity index (χ0v) is 18.0. The highest BCUT2D eigenvalue weighted by molar-refractivity contribution is 6.74. The Morgan fingerprint density at radius 3 is 2.37 bits per heavy atom. The Morgan fingerprint density at radius 1 is 1.11 bits per heavy atom. The quantitative estimate of drug-likeness (QED) is 0.789. The molecule has 0 bridgehead atoms. The Kier molecular flexibility index (Phi) is 6.13. The molecule has 27 heavy (non-hydrogen) atoms. The van der Waals surface area contributed by atoms with Gasteiger partial charge in [-0.3, -0.25) is 0 Å². The SMILES string of the molecule is CO[C@H]1O[C@@H]2CO[C@@H](c3ccccc3)O[C@H]2[C@H](O[Si](C)(C)C(C)(C)C)[C@H]1O. The summed E-state index contributed by atoms with van der Waals surface area (Å²) in [5.74, 6) is 0. The first-order valence-corrected chi connectivity index (χ1v) is 12.4. The maximum atomic E-state index is 10.9. The third-order valence-electron chi connectivity index (χ3n) is 5.85. The maximum absolute atomic E-state index is 10.9. The first-order chi connectivity index (χ1) is 12.6. The van der Waals surface area contributed by atoms with E-state index in [4.69, 9.17) is 23.4 Å². The number of benzene rings is 1. The number of ether oxygens (including phenoxy) is 4. The lowest BCUT2D eigenvalue weighted by Gasteiger charge is -2.50. The topological polar surface area (TPSA) is 66.4 Å². The summed E-state index contributed by atoms with van der Waals surface area (Å²) in [6.07, 6.45) is -3.52. The van der Waals surface area contributed by atoms with Crippen LogP contribution in [0.2, 0.25) is 18.1 Å². The van der Waals surface area contributed by atoms with Crippen LogP contribution in [0.1, 0.15) is 32.6 Å². The highest BCUT2D eigenvalue weighted by Crippen LogP contribution is 2.41.